The molecule has 3 aromatic carbocycles. The van der Waals surface area contributed by atoms with Crippen molar-refractivity contribution in [2.45, 2.75) is 152 Å². The van der Waals surface area contributed by atoms with E-state index in [1.807, 2.05) is 30.3 Å². The lowest BCUT2D eigenvalue weighted by molar-refractivity contribution is -0.189. The first-order valence-corrected chi connectivity index (χ1v) is 31.4. The Morgan fingerprint density at radius 1 is 0.875 bits per heavy atom. The van der Waals surface area contributed by atoms with Gasteiger partial charge in [-0.25, -0.2) is 13.3 Å². The largest absolute Gasteiger partial charge is 0.389 e. The van der Waals surface area contributed by atoms with Gasteiger partial charge in [-0.3, -0.25) is 53.4 Å². The van der Waals surface area contributed by atoms with Crippen molar-refractivity contribution in [3.8, 4) is 0 Å². The predicted octanol–water partition coefficient (Wildman–Crippen LogP) is 4.88. The molecule has 0 saturated carbocycles. The Morgan fingerprint density at radius 3 is 2.28 bits per heavy atom. The van der Waals surface area contributed by atoms with E-state index < -0.39 is 105 Å². The third kappa shape index (κ3) is 15.6. The summed E-state index contributed by atoms with van der Waals surface area (Å²) in [5, 5.41) is 14.2. The molecule has 9 rings (SSSR count). The number of piperidine rings is 2. The molecule has 4 saturated heterocycles. The lowest BCUT2D eigenvalue weighted by atomic mass is 9.86. The molecule has 6 atom stereocenters. The second-order valence-corrected chi connectivity index (χ2v) is 25.9. The number of alkyl halides is 4. The van der Waals surface area contributed by atoms with Crippen LogP contribution in [-0.4, -0.2) is 164 Å². The third-order valence-corrected chi connectivity index (χ3v) is 18.6. The molecule has 4 aromatic rings. The van der Waals surface area contributed by atoms with Gasteiger partial charge < -0.3 is 51.5 Å². The maximum atomic E-state index is 14.8. The fourth-order valence-corrected chi connectivity index (χ4v) is 13.6. The number of hydrogen-bond donors (Lipinski definition) is 8. The maximum Gasteiger partial charge on any atom is 0.389 e. The molecule has 28 heteroatoms. The summed E-state index contributed by atoms with van der Waals surface area (Å²) < 4.78 is 61.5. The number of nitrogens with one attached hydrogen (secondary N) is 5. The van der Waals surface area contributed by atoms with Gasteiger partial charge in [-0.1, -0.05) is 51.1 Å². The highest BCUT2D eigenvalue weighted by Gasteiger charge is 2.47. The number of amides is 9. The van der Waals surface area contributed by atoms with Gasteiger partial charge in [0.25, 0.3) is 18.2 Å². The molecule has 6 heterocycles. The summed E-state index contributed by atoms with van der Waals surface area (Å²) in [6.07, 6.45) is -4.59. The summed E-state index contributed by atoms with van der Waals surface area (Å²) in [5.41, 5.74) is 8.47. The van der Waals surface area contributed by atoms with E-state index in [-0.39, 0.29) is 110 Å². The number of nitrogens with two attached hydrogens (primary N) is 1. The number of carbonyl (C=O) groups excluding carboxylic acids is 9. The van der Waals surface area contributed by atoms with Gasteiger partial charge in [0, 0.05) is 86.1 Å². The lowest BCUT2D eigenvalue weighted by Gasteiger charge is -2.39. The molecule has 22 nitrogen and oxygen atoms in total. The van der Waals surface area contributed by atoms with Gasteiger partial charge in [-0.2, -0.15) is 8.78 Å². The number of anilines is 1. The van der Waals surface area contributed by atoms with E-state index in [0.29, 0.717) is 42.7 Å². The molecule has 0 bridgehead atoms. The van der Waals surface area contributed by atoms with Crippen LogP contribution in [0.15, 0.2) is 66.7 Å². The Morgan fingerprint density at radius 2 is 1.60 bits per heavy atom. The summed E-state index contributed by atoms with van der Waals surface area (Å²) in [6, 6.07) is 10.8. The highest BCUT2D eigenvalue weighted by atomic mass is 32.1. The van der Waals surface area contributed by atoms with E-state index in [9.17, 15) is 60.7 Å². The monoisotopic (exact) mass is 1260 g/mol. The number of hydrogen-bond acceptors (Lipinski definition) is 15. The van der Waals surface area contributed by atoms with Gasteiger partial charge in [-0.15, -0.1) is 11.3 Å². The zero-order chi connectivity index (χ0) is 63.4. The Labute approximate surface area is 510 Å². The highest BCUT2D eigenvalue weighted by Crippen LogP contribution is 2.43. The minimum absolute atomic E-state index is 0.0438. The van der Waals surface area contributed by atoms with Gasteiger partial charge in [0.15, 0.2) is 0 Å². The molecule has 88 heavy (non-hydrogen) atoms. The van der Waals surface area contributed by atoms with E-state index in [1.165, 1.54) is 26.8 Å². The van der Waals surface area contributed by atoms with E-state index >= 15 is 0 Å². The van der Waals surface area contributed by atoms with Crippen LogP contribution in [0, 0.1) is 5.92 Å². The molecule has 0 aliphatic carbocycles. The SMILES string of the molecule is CC(C)(C)c1ccc(C[C@H](NC(=O)[C@H](CCC(N)=O)NC(=O)[C@@H]2CC[C@@H]3CCN(CC(F)F)C[C@H](NC(=O)c4cc5cc(C(F)(F)OP(O)O)ccc5s4)C(=O)N32)C(=O)N2CCC(CCNc3cccc4c3CN(C3CCC(=O)NC3=O)C4=O)CC2)cc1. The summed E-state index contributed by atoms with van der Waals surface area (Å²) in [4.78, 5) is 147. The maximum absolute atomic E-state index is 14.8. The van der Waals surface area contributed by atoms with Crippen molar-refractivity contribution in [1.82, 2.24) is 40.9 Å². The molecule has 4 fully saturated rings. The van der Waals surface area contributed by atoms with Gasteiger partial charge in [0.2, 0.25) is 41.4 Å². The van der Waals surface area contributed by atoms with Crippen LogP contribution in [0.2, 0.25) is 0 Å². The summed E-state index contributed by atoms with van der Waals surface area (Å²) >= 11 is 0.880. The number of fused-ring (bicyclic) bond motifs is 3. The summed E-state index contributed by atoms with van der Waals surface area (Å²) in [5.74, 6) is -5.29. The molecule has 5 aliphatic heterocycles. The highest BCUT2D eigenvalue weighted by molar-refractivity contribution is 7.39. The Balaban J connectivity index is 0.872. The number of primary amides is 1. The molecule has 0 radical (unpaired) electrons. The number of benzene rings is 3. The smallest absolute Gasteiger partial charge is 0.385 e. The van der Waals surface area contributed by atoms with Crippen molar-refractivity contribution in [2.24, 2.45) is 11.7 Å². The molecule has 9 amide bonds. The Hall–Kier alpha value is -7.16. The van der Waals surface area contributed by atoms with Crippen LogP contribution < -0.4 is 32.3 Å². The summed E-state index contributed by atoms with van der Waals surface area (Å²) in [7, 11) is -3.43. The molecule has 0 spiro atoms. The Kier molecular flexibility index (Phi) is 20.6. The van der Waals surface area contributed by atoms with E-state index in [0.717, 1.165) is 52.3 Å². The van der Waals surface area contributed by atoms with Crippen LogP contribution in [0.3, 0.4) is 0 Å². The molecular weight excluding hydrogens is 1190 g/mol. The van der Waals surface area contributed by atoms with E-state index in [4.69, 9.17) is 15.5 Å². The molecule has 9 N–H and O–H groups in total. The number of halogens is 4. The fraction of sp³-hybridized carbons (Fsp3) is 0.517. The van der Waals surface area contributed by atoms with Gasteiger partial charge in [-0.05, 0) is 116 Å². The number of rotatable bonds is 22. The van der Waals surface area contributed by atoms with Crippen LogP contribution in [0.4, 0.5) is 23.2 Å². The molecule has 474 valence electrons. The van der Waals surface area contributed by atoms with E-state index in [2.05, 4.69) is 51.9 Å². The number of nitrogens with zero attached hydrogens (tertiary/aromatic N) is 4. The predicted molar refractivity (Wildman–Crippen MR) is 316 cm³/mol. The second kappa shape index (κ2) is 27.7. The number of thiophene rings is 1. The van der Waals surface area contributed by atoms with Crippen molar-refractivity contribution in [3.63, 3.8) is 0 Å². The van der Waals surface area contributed by atoms with Crippen LogP contribution in [0.1, 0.15) is 127 Å². The quantitative estimate of drug-likeness (QED) is 0.0296. The first kappa shape index (κ1) is 65.3. The molecule has 5 aliphatic rings. The van der Waals surface area contributed by atoms with Crippen molar-refractivity contribution < 1.29 is 75.0 Å². The van der Waals surface area contributed by atoms with Crippen molar-refractivity contribution >= 4 is 88.9 Å². The average molecular weight is 1270 g/mol. The van der Waals surface area contributed by atoms with Crippen molar-refractivity contribution in [2.75, 3.05) is 44.6 Å². The molecule has 1 unspecified atom stereocenters. The zero-order valence-corrected chi connectivity index (χ0v) is 50.6. The van der Waals surface area contributed by atoms with Gasteiger partial charge in [0.05, 0.1) is 17.0 Å². The first-order valence-electron chi connectivity index (χ1n) is 29.4. The Bertz CT molecular complexity index is 3310. The minimum atomic E-state index is -4.09. The van der Waals surface area contributed by atoms with Crippen molar-refractivity contribution in [1.29, 1.82) is 0 Å². The topological polar surface area (TPSA) is 302 Å². The van der Waals surface area contributed by atoms with Gasteiger partial charge in [0.1, 0.15) is 30.2 Å². The van der Waals surface area contributed by atoms with Crippen LogP contribution in [-0.2, 0) is 62.6 Å². The minimum Gasteiger partial charge on any atom is -0.385 e. The number of carbonyl (C=O) groups is 9. The number of imide groups is 1. The number of likely N-dealkylation sites (tertiary alicyclic amines) is 1. The lowest BCUT2D eigenvalue weighted by Crippen LogP contribution is -2.62. The zero-order valence-electron chi connectivity index (χ0n) is 48.9. The van der Waals surface area contributed by atoms with Crippen LogP contribution >= 0.6 is 19.9 Å². The first-order chi connectivity index (χ1) is 41.7. The summed E-state index contributed by atoms with van der Waals surface area (Å²) in [6.45, 7) is 6.62. The van der Waals surface area contributed by atoms with Crippen molar-refractivity contribution in [3.05, 3.63) is 99.4 Å². The second-order valence-electron chi connectivity index (χ2n) is 24.2. The fourth-order valence-electron chi connectivity index (χ4n) is 12.4. The molecular formula is C60H73F4N10O12PS. The third-order valence-electron chi connectivity index (χ3n) is 17.1. The van der Waals surface area contributed by atoms with Gasteiger partial charge >= 0.3 is 14.7 Å². The van der Waals surface area contributed by atoms with Crippen LogP contribution in [0.5, 0.6) is 0 Å². The standard InChI is InChI=1S/C60H73F4N10O12PS/c1-59(2,3)36-9-7-34(8-10-36)27-43(57(82)72-25-20-33(21-26-72)19-23-66-41-6-4-5-39-40(41)30-73(56(39)81)45-15-18-51(76)70-53(45)78)68-52(77)42(13-17-50(65)75)67-54(79)46-14-12-38-22-24-71(32-49(61)62)31-44(58(83)74(38)46)69-55(80)48-29-35-28-37(11-16-47(35)88-48)60(63,64)86-87(84)85/h4-11,16,28-29,33,38,42-46,49,66,84-85H,12-15,17-27,30-32H2,1-3H3,(H2,65,75)(H,67,79)(H,68,77)(H,69,80)(H,70,76,78)/t38-,42+,43+,44+,45?,46+/m1/s1. The average Bonchev–Trinajstić information content (AvgIpc) is 3.59. The molecule has 1 aromatic heterocycles. The van der Waals surface area contributed by atoms with E-state index in [1.54, 1.807) is 17.0 Å². The van der Waals surface area contributed by atoms with Crippen LogP contribution in [0.25, 0.3) is 10.1 Å². The normalized spacial score (nSPS) is 21.2.